The van der Waals surface area contributed by atoms with Gasteiger partial charge in [0.05, 0.1) is 21.3 Å². The summed E-state index contributed by atoms with van der Waals surface area (Å²) in [6.45, 7) is 5.61. The zero-order valence-corrected chi connectivity index (χ0v) is 13.8. The Labute approximate surface area is 131 Å². The van der Waals surface area contributed by atoms with Crippen LogP contribution in [-0.4, -0.2) is 57.3 Å². The average Bonchev–Trinajstić information content (AvgIpc) is 2.55. The highest BCUT2D eigenvalue weighted by Gasteiger charge is 2.30. The van der Waals surface area contributed by atoms with Crippen LogP contribution in [0.5, 0.6) is 17.2 Å². The molecule has 1 fully saturated rings. The van der Waals surface area contributed by atoms with E-state index in [-0.39, 0.29) is 18.0 Å². The van der Waals surface area contributed by atoms with Gasteiger partial charge in [-0.3, -0.25) is 4.79 Å². The van der Waals surface area contributed by atoms with Crippen molar-refractivity contribution in [3.63, 3.8) is 0 Å². The summed E-state index contributed by atoms with van der Waals surface area (Å²) in [4.78, 5) is 14.7. The van der Waals surface area contributed by atoms with Crippen molar-refractivity contribution in [2.45, 2.75) is 25.9 Å². The van der Waals surface area contributed by atoms with Crippen molar-refractivity contribution >= 4 is 5.91 Å². The number of nitrogens with zero attached hydrogens (tertiary/aromatic N) is 1. The summed E-state index contributed by atoms with van der Waals surface area (Å²) in [5.41, 5.74) is 0.537. The van der Waals surface area contributed by atoms with Crippen molar-refractivity contribution in [1.82, 2.24) is 10.2 Å². The SMILES string of the molecule is COc1cc(C(=O)N2CCNC(C)C2C)cc(OC)c1OC. The van der Waals surface area contributed by atoms with E-state index >= 15 is 0 Å². The second kappa shape index (κ2) is 6.87. The van der Waals surface area contributed by atoms with E-state index in [1.807, 2.05) is 11.8 Å². The van der Waals surface area contributed by atoms with E-state index in [1.165, 1.54) is 0 Å². The van der Waals surface area contributed by atoms with Crippen molar-refractivity contribution in [2.24, 2.45) is 0 Å². The molecule has 1 aromatic rings. The van der Waals surface area contributed by atoms with Gasteiger partial charge < -0.3 is 24.4 Å². The van der Waals surface area contributed by atoms with E-state index in [9.17, 15) is 4.79 Å². The van der Waals surface area contributed by atoms with Crippen LogP contribution in [0.25, 0.3) is 0 Å². The zero-order chi connectivity index (χ0) is 16.3. The molecule has 6 heteroatoms. The number of hydrogen-bond donors (Lipinski definition) is 1. The Balaban J connectivity index is 2.37. The Kier molecular flexibility index (Phi) is 5.13. The lowest BCUT2D eigenvalue weighted by atomic mass is 10.0. The van der Waals surface area contributed by atoms with E-state index < -0.39 is 0 Å². The number of piperazine rings is 1. The Bertz CT molecular complexity index is 522. The van der Waals surface area contributed by atoms with Crippen molar-refractivity contribution in [3.05, 3.63) is 17.7 Å². The van der Waals surface area contributed by atoms with Gasteiger partial charge in [-0.1, -0.05) is 0 Å². The minimum absolute atomic E-state index is 0.0277. The van der Waals surface area contributed by atoms with Gasteiger partial charge in [-0.25, -0.2) is 0 Å². The van der Waals surface area contributed by atoms with Crippen LogP contribution in [0.1, 0.15) is 24.2 Å². The number of nitrogens with one attached hydrogen (secondary N) is 1. The molecule has 0 bridgehead atoms. The van der Waals surface area contributed by atoms with Gasteiger partial charge in [-0.2, -0.15) is 0 Å². The lowest BCUT2D eigenvalue weighted by molar-refractivity contribution is 0.0602. The molecule has 2 rings (SSSR count). The van der Waals surface area contributed by atoms with Crippen LogP contribution in [-0.2, 0) is 0 Å². The molecule has 122 valence electrons. The van der Waals surface area contributed by atoms with Gasteiger partial charge in [0.1, 0.15) is 0 Å². The average molecular weight is 308 g/mol. The van der Waals surface area contributed by atoms with E-state index in [0.29, 0.717) is 29.4 Å². The molecule has 0 saturated carbocycles. The van der Waals surface area contributed by atoms with Crippen molar-refractivity contribution < 1.29 is 19.0 Å². The smallest absolute Gasteiger partial charge is 0.254 e. The quantitative estimate of drug-likeness (QED) is 0.914. The molecular weight excluding hydrogens is 284 g/mol. The molecule has 1 amide bonds. The first-order valence-electron chi connectivity index (χ1n) is 7.37. The normalized spacial score (nSPS) is 21.4. The number of hydrogen-bond acceptors (Lipinski definition) is 5. The largest absolute Gasteiger partial charge is 0.493 e. The highest BCUT2D eigenvalue weighted by molar-refractivity contribution is 5.96. The maximum absolute atomic E-state index is 12.8. The molecular formula is C16H24N2O4. The second-order valence-corrected chi connectivity index (χ2v) is 5.40. The van der Waals surface area contributed by atoms with Gasteiger partial charge >= 0.3 is 0 Å². The van der Waals surface area contributed by atoms with Gasteiger partial charge in [0.25, 0.3) is 5.91 Å². The molecule has 0 radical (unpaired) electrons. The first kappa shape index (κ1) is 16.4. The molecule has 6 nitrogen and oxygen atoms in total. The molecule has 2 atom stereocenters. The zero-order valence-electron chi connectivity index (χ0n) is 13.8. The summed E-state index contributed by atoms with van der Waals surface area (Å²) in [7, 11) is 4.63. The van der Waals surface area contributed by atoms with Crippen molar-refractivity contribution in [1.29, 1.82) is 0 Å². The molecule has 1 saturated heterocycles. The summed E-state index contributed by atoms with van der Waals surface area (Å²) < 4.78 is 15.9. The summed E-state index contributed by atoms with van der Waals surface area (Å²) in [5.74, 6) is 1.44. The van der Waals surface area contributed by atoms with Crippen molar-refractivity contribution in [3.8, 4) is 17.2 Å². The van der Waals surface area contributed by atoms with Gasteiger partial charge in [0.2, 0.25) is 5.75 Å². The molecule has 22 heavy (non-hydrogen) atoms. The minimum Gasteiger partial charge on any atom is -0.493 e. The van der Waals surface area contributed by atoms with E-state index in [2.05, 4.69) is 12.2 Å². The van der Waals surface area contributed by atoms with Crippen LogP contribution >= 0.6 is 0 Å². The third kappa shape index (κ3) is 2.97. The fraction of sp³-hybridized carbons (Fsp3) is 0.562. The highest BCUT2D eigenvalue weighted by Crippen LogP contribution is 2.38. The first-order valence-corrected chi connectivity index (χ1v) is 7.37. The van der Waals surface area contributed by atoms with Gasteiger partial charge in [-0.15, -0.1) is 0 Å². The van der Waals surface area contributed by atoms with E-state index in [4.69, 9.17) is 14.2 Å². The maximum Gasteiger partial charge on any atom is 0.254 e. The van der Waals surface area contributed by atoms with Crippen LogP contribution in [0, 0.1) is 0 Å². The third-order valence-electron chi connectivity index (χ3n) is 4.21. The number of benzene rings is 1. The highest BCUT2D eigenvalue weighted by atomic mass is 16.5. The number of amides is 1. The molecule has 1 aliphatic rings. The number of carbonyl (C=O) groups excluding carboxylic acids is 1. The maximum atomic E-state index is 12.8. The van der Waals surface area contributed by atoms with Crippen LogP contribution in [0.2, 0.25) is 0 Å². The van der Waals surface area contributed by atoms with E-state index in [0.717, 1.165) is 6.54 Å². The van der Waals surface area contributed by atoms with E-state index in [1.54, 1.807) is 33.5 Å². The molecule has 1 aromatic carbocycles. The molecule has 0 spiro atoms. The molecule has 1 heterocycles. The van der Waals surface area contributed by atoms with Crippen LogP contribution in [0.15, 0.2) is 12.1 Å². The Hall–Kier alpha value is -1.95. The molecule has 1 N–H and O–H groups in total. The molecule has 1 aliphatic heterocycles. The number of ether oxygens (including phenoxy) is 3. The molecule has 2 unspecified atom stereocenters. The summed E-state index contributed by atoms with van der Waals surface area (Å²) in [5, 5.41) is 3.37. The lowest BCUT2D eigenvalue weighted by Gasteiger charge is -2.38. The van der Waals surface area contributed by atoms with Gasteiger partial charge in [-0.05, 0) is 26.0 Å². The Morgan fingerprint density at radius 2 is 1.73 bits per heavy atom. The molecule has 0 aliphatic carbocycles. The topological polar surface area (TPSA) is 60.0 Å². The Morgan fingerprint density at radius 1 is 1.14 bits per heavy atom. The fourth-order valence-electron chi connectivity index (χ4n) is 2.71. The Morgan fingerprint density at radius 3 is 2.23 bits per heavy atom. The van der Waals surface area contributed by atoms with Crippen LogP contribution in [0.4, 0.5) is 0 Å². The lowest BCUT2D eigenvalue weighted by Crippen LogP contribution is -2.57. The van der Waals surface area contributed by atoms with Crippen molar-refractivity contribution in [2.75, 3.05) is 34.4 Å². The number of methoxy groups -OCH3 is 3. The standard InChI is InChI=1S/C16H24N2O4/c1-10-11(2)18(7-6-17-10)16(19)12-8-13(20-3)15(22-5)14(9-12)21-4/h8-11,17H,6-7H2,1-5H3. The summed E-state index contributed by atoms with van der Waals surface area (Å²) in [6.07, 6.45) is 0. The second-order valence-electron chi connectivity index (χ2n) is 5.40. The third-order valence-corrected chi connectivity index (χ3v) is 4.21. The minimum atomic E-state index is -0.0277. The monoisotopic (exact) mass is 308 g/mol. The van der Waals surface area contributed by atoms with Crippen LogP contribution < -0.4 is 19.5 Å². The predicted molar refractivity (Wildman–Crippen MR) is 84.1 cm³/mol. The van der Waals surface area contributed by atoms with Crippen LogP contribution in [0.3, 0.4) is 0 Å². The van der Waals surface area contributed by atoms with Gasteiger partial charge in [0.15, 0.2) is 11.5 Å². The fourth-order valence-corrected chi connectivity index (χ4v) is 2.71. The van der Waals surface area contributed by atoms with Gasteiger partial charge in [0, 0.05) is 30.7 Å². The molecule has 0 aromatic heterocycles. The number of carbonyl (C=O) groups is 1. The summed E-state index contributed by atoms with van der Waals surface area (Å²) in [6, 6.07) is 3.78. The predicted octanol–water partition coefficient (Wildman–Crippen LogP) is 1.53. The first-order chi connectivity index (χ1) is 10.5. The summed E-state index contributed by atoms with van der Waals surface area (Å²) >= 11 is 0. The number of rotatable bonds is 4.